The van der Waals surface area contributed by atoms with Crippen LogP contribution in [0.4, 0.5) is 5.69 Å². The molecule has 0 aliphatic heterocycles. The number of furan rings is 1. The van der Waals surface area contributed by atoms with Crippen molar-refractivity contribution in [2.45, 2.75) is 39.9 Å². The number of aromatic nitrogens is 2. The minimum atomic E-state index is -0.134. The number of anilines is 1. The minimum Gasteiger partial charge on any atom is -0.467 e. The molecule has 8 heteroatoms. The van der Waals surface area contributed by atoms with E-state index in [-0.39, 0.29) is 11.5 Å². The number of benzene rings is 1. The molecule has 0 spiro atoms. The Morgan fingerprint density at radius 1 is 1.15 bits per heavy atom. The van der Waals surface area contributed by atoms with Gasteiger partial charge in [0, 0.05) is 32.9 Å². The van der Waals surface area contributed by atoms with Crippen LogP contribution in [0.15, 0.2) is 58.2 Å². The van der Waals surface area contributed by atoms with Gasteiger partial charge in [-0.3, -0.25) is 14.2 Å². The molecule has 0 saturated heterocycles. The van der Waals surface area contributed by atoms with E-state index in [1.807, 2.05) is 69.2 Å². The van der Waals surface area contributed by atoms with Crippen molar-refractivity contribution in [2.24, 2.45) is 0 Å². The summed E-state index contributed by atoms with van der Waals surface area (Å²) >= 11 is 1.28. The number of rotatable bonds is 8. The standard InChI is InChI=1S/C25H28N4O3S/c1-5-12-28-16-26-23-21(24(28)30)17(2)22(33-23)25(31)29(15-20-7-6-13-32-20)14-18-8-10-19(11-9-18)27(3)4/h6-11,13,16H,5,12,14-15H2,1-4H3. The molecule has 172 valence electrons. The SMILES string of the molecule is CCCn1cnc2sc(C(=O)N(Cc3ccc(N(C)C)cc3)Cc3ccco3)c(C)c2c1=O. The first kappa shape index (κ1) is 22.8. The lowest BCUT2D eigenvalue weighted by molar-refractivity contribution is 0.0722. The highest BCUT2D eigenvalue weighted by Gasteiger charge is 2.25. The average Bonchev–Trinajstić information content (AvgIpc) is 3.43. The number of amides is 1. The number of carbonyl (C=O) groups excluding carboxylic acids is 1. The molecule has 7 nitrogen and oxygen atoms in total. The first-order valence-corrected chi connectivity index (χ1v) is 11.8. The van der Waals surface area contributed by atoms with E-state index < -0.39 is 0 Å². The topological polar surface area (TPSA) is 71.6 Å². The molecule has 0 N–H and O–H groups in total. The van der Waals surface area contributed by atoms with Crippen molar-refractivity contribution < 1.29 is 9.21 Å². The lowest BCUT2D eigenvalue weighted by atomic mass is 10.1. The van der Waals surface area contributed by atoms with Gasteiger partial charge in [0.05, 0.1) is 29.4 Å². The maximum absolute atomic E-state index is 13.7. The van der Waals surface area contributed by atoms with E-state index in [2.05, 4.69) is 4.98 Å². The molecule has 4 aromatic rings. The van der Waals surface area contributed by atoms with Crippen molar-refractivity contribution >= 4 is 33.1 Å². The molecule has 3 heterocycles. The van der Waals surface area contributed by atoms with Crippen molar-refractivity contribution in [2.75, 3.05) is 19.0 Å². The van der Waals surface area contributed by atoms with E-state index in [9.17, 15) is 9.59 Å². The molecule has 1 amide bonds. The molecule has 0 unspecified atom stereocenters. The van der Waals surface area contributed by atoms with E-state index in [0.717, 1.165) is 17.7 Å². The van der Waals surface area contributed by atoms with Gasteiger partial charge in [0.15, 0.2) is 0 Å². The van der Waals surface area contributed by atoms with Crippen LogP contribution in [-0.4, -0.2) is 34.5 Å². The van der Waals surface area contributed by atoms with E-state index >= 15 is 0 Å². The van der Waals surface area contributed by atoms with Crippen LogP contribution in [0.5, 0.6) is 0 Å². The molecule has 1 aromatic carbocycles. The van der Waals surface area contributed by atoms with Gasteiger partial charge >= 0.3 is 0 Å². The number of hydrogen-bond donors (Lipinski definition) is 0. The van der Waals surface area contributed by atoms with Gasteiger partial charge in [0.1, 0.15) is 10.6 Å². The fourth-order valence-electron chi connectivity index (χ4n) is 3.82. The zero-order chi connectivity index (χ0) is 23.5. The fraction of sp³-hybridized carbons (Fsp3) is 0.320. The lowest BCUT2D eigenvalue weighted by Crippen LogP contribution is -2.30. The van der Waals surface area contributed by atoms with Gasteiger partial charge in [-0.05, 0) is 48.7 Å². The molecule has 0 aliphatic carbocycles. The van der Waals surface area contributed by atoms with Gasteiger partial charge in [-0.2, -0.15) is 0 Å². The summed E-state index contributed by atoms with van der Waals surface area (Å²) < 4.78 is 7.14. The summed E-state index contributed by atoms with van der Waals surface area (Å²) in [6.07, 6.45) is 4.02. The van der Waals surface area contributed by atoms with Crippen molar-refractivity contribution in [3.63, 3.8) is 0 Å². The first-order valence-electron chi connectivity index (χ1n) is 11.0. The van der Waals surface area contributed by atoms with Crippen LogP contribution in [0.2, 0.25) is 0 Å². The van der Waals surface area contributed by atoms with Gasteiger partial charge < -0.3 is 14.2 Å². The molecule has 0 atom stereocenters. The molecule has 0 aliphatic rings. The Kier molecular flexibility index (Phi) is 6.65. The number of hydrogen-bond acceptors (Lipinski definition) is 6. The van der Waals surface area contributed by atoms with Crippen LogP contribution in [0.3, 0.4) is 0 Å². The third-order valence-corrected chi connectivity index (χ3v) is 6.80. The zero-order valence-corrected chi connectivity index (χ0v) is 20.2. The van der Waals surface area contributed by atoms with Gasteiger partial charge in [0.25, 0.3) is 11.5 Å². The van der Waals surface area contributed by atoms with Gasteiger partial charge in [-0.25, -0.2) is 4.98 Å². The average molecular weight is 465 g/mol. The first-order chi connectivity index (χ1) is 15.9. The highest BCUT2D eigenvalue weighted by Crippen LogP contribution is 2.29. The highest BCUT2D eigenvalue weighted by atomic mass is 32.1. The molecule has 3 aromatic heterocycles. The number of carbonyl (C=O) groups is 1. The van der Waals surface area contributed by atoms with Crippen LogP contribution in [0, 0.1) is 6.92 Å². The minimum absolute atomic E-state index is 0.0912. The monoisotopic (exact) mass is 464 g/mol. The Morgan fingerprint density at radius 3 is 2.55 bits per heavy atom. The number of fused-ring (bicyclic) bond motifs is 1. The van der Waals surface area contributed by atoms with E-state index in [0.29, 0.717) is 46.1 Å². The number of nitrogens with zero attached hydrogens (tertiary/aromatic N) is 4. The predicted octanol–water partition coefficient (Wildman–Crippen LogP) is 4.68. The molecule has 0 fully saturated rings. The smallest absolute Gasteiger partial charge is 0.265 e. The van der Waals surface area contributed by atoms with Gasteiger partial charge in [-0.15, -0.1) is 11.3 Å². The quantitative estimate of drug-likeness (QED) is 0.379. The molecular formula is C25H28N4O3S. The maximum atomic E-state index is 13.7. The summed E-state index contributed by atoms with van der Waals surface area (Å²) in [5, 5.41) is 0.535. The maximum Gasteiger partial charge on any atom is 0.265 e. The Labute approximate surface area is 196 Å². The Hall–Kier alpha value is -3.39. The summed E-state index contributed by atoms with van der Waals surface area (Å²) in [5.41, 5.74) is 2.71. The number of thiophene rings is 1. The third-order valence-electron chi connectivity index (χ3n) is 5.62. The Bertz CT molecular complexity index is 1300. The second kappa shape index (κ2) is 9.62. The van der Waals surface area contributed by atoms with Crippen molar-refractivity contribution in [3.8, 4) is 0 Å². The summed E-state index contributed by atoms with van der Waals surface area (Å²) in [6.45, 7) is 5.22. The van der Waals surface area contributed by atoms with Crippen LogP contribution in [0.1, 0.15) is 39.9 Å². The summed E-state index contributed by atoms with van der Waals surface area (Å²) in [7, 11) is 3.99. The molecule has 0 radical (unpaired) electrons. The fourth-order valence-corrected chi connectivity index (χ4v) is 4.92. The second-order valence-corrected chi connectivity index (χ2v) is 9.28. The normalized spacial score (nSPS) is 11.2. The summed E-state index contributed by atoms with van der Waals surface area (Å²) in [4.78, 5) is 36.1. The van der Waals surface area contributed by atoms with Crippen LogP contribution < -0.4 is 10.5 Å². The largest absolute Gasteiger partial charge is 0.467 e. The van der Waals surface area contributed by atoms with Crippen LogP contribution in [0.25, 0.3) is 10.2 Å². The summed E-state index contributed by atoms with van der Waals surface area (Å²) in [5.74, 6) is 0.570. The molecule has 0 saturated carbocycles. The van der Waals surface area contributed by atoms with Crippen molar-refractivity contribution in [3.05, 3.63) is 81.1 Å². The van der Waals surface area contributed by atoms with E-state index in [1.165, 1.54) is 11.3 Å². The summed E-state index contributed by atoms with van der Waals surface area (Å²) in [6, 6.07) is 11.8. The third kappa shape index (κ3) is 4.71. The Balaban J connectivity index is 1.70. The van der Waals surface area contributed by atoms with Crippen LogP contribution >= 0.6 is 11.3 Å². The van der Waals surface area contributed by atoms with Gasteiger partial charge in [-0.1, -0.05) is 19.1 Å². The zero-order valence-electron chi connectivity index (χ0n) is 19.4. The van der Waals surface area contributed by atoms with Crippen LogP contribution in [-0.2, 0) is 19.6 Å². The predicted molar refractivity (Wildman–Crippen MR) is 132 cm³/mol. The molecule has 0 bridgehead atoms. The molecule has 33 heavy (non-hydrogen) atoms. The van der Waals surface area contributed by atoms with Crippen molar-refractivity contribution in [1.82, 2.24) is 14.5 Å². The van der Waals surface area contributed by atoms with Gasteiger partial charge in [0.2, 0.25) is 0 Å². The van der Waals surface area contributed by atoms with E-state index in [1.54, 1.807) is 22.1 Å². The molecule has 4 rings (SSSR count). The van der Waals surface area contributed by atoms with Crippen molar-refractivity contribution in [1.29, 1.82) is 0 Å². The second-order valence-electron chi connectivity index (χ2n) is 8.28. The Morgan fingerprint density at radius 2 is 1.91 bits per heavy atom. The van der Waals surface area contributed by atoms with E-state index in [4.69, 9.17) is 4.42 Å². The molecular weight excluding hydrogens is 436 g/mol. The number of aryl methyl sites for hydroxylation is 2. The lowest BCUT2D eigenvalue weighted by Gasteiger charge is -2.22. The highest BCUT2D eigenvalue weighted by molar-refractivity contribution is 7.20.